The highest BCUT2D eigenvalue weighted by molar-refractivity contribution is 5.94. The summed E-state index contributed by atoms with van der Waals surface area (Å²) in [5, 5.41) is 3.30. The average Bonchev–Trinajstić information content (AvgIpc) is 2.46. The summed E-state index contributed by atoms with van der Waals surface area (Å²) in [5.74, 6) is 0.880. The molecule has 1 unspecified atom stereocenters. The number of hydrogen-bond donors (Lipinski definition) is 1. The second kappa shape index (κ2) is 7.65. The summed E-state index contributed by atoms with van der Waals surface area (Å²) in [4.78, 5) is 14.2. The van der Waals surface area contributed by atoms with E-state index < -0.39 is 0 Å². The Morgan fingerprint density at radius 2 is 1.95 bits per heavy atom. The number of carbonyl (C=O) groups excluding carboxylic acids is 1. The average molecular weight is 297 g/mol. The van der Waals surface area contributed by atoms with Crippen LogP contribution in [-0.4, -0.2) is 26.0 Å². The normalized spacial score (nSPS) is 18.5. The largest absolute Gasteiger partial charge is 0.316 e. The van der Waals surface area contributed by atoms with Gasteiger partial charge in [-0.25, -0.2) is 0 Å². The lowest BCUT2D eigenvalue weighted by Crippen LogP contribution is -2.41. The lowest BCUT2D eigenvalue weighted by molar-refractivity contribution is -0.122. The molecule has 1 aromatic rings. The van der Waals surface area contributed by atoms with Crippen LogP contribution in [0.1, 0.15) is 38.2 Å². The molecule has 3 nitrogen and oxygen atoms in total. The molecule has 0 aliphatic carbocycles. The molecule has 1 saturated heterocycles. The zero-order chi connectivity index (χ0) is 13.8. The van der Waals surface area contributed by atoms with Gasteiger partial charge in [0.1, 0.15) is 0 Å². The molecule has 0 spiro atoms. The summed E-state index contributed by atoms with van der Waals surface area (Å²) >= 11 is 0. The second-order valence-electron chi connectivity index (χ2n) is 5.69. The van der Waals surface area contributed by atoms with Crippen molar-refractivity contribution in [1.29, 1.82) is 0 Å². The highest BCUT2D eigenvalue weighted by Crippen LogP contribution is 2.22. The van der Waals surface area contributed by atoms with Crippen LogP contribution in [0.25, 0.3) is 0 Å². The molecule has 0 bridgehead atoms. The molecule has 1 aliphatic rings. The van der Waals surface area contributed by atoms with Gasteiger partial charge >= 0.3 is 0 Å². The summed E-state index contributed by atoms with van der Waals surface area (Å²) in [6.45, 7) is 6.21. The standard InChI is InChI=1S/C16H24N2O.ClH/c1-12(2)13-6-8-15(9-7-13)18(3)16(19)14-5-4-10-17-11-14;/h6-9,12,14,17H,4-5,10-11H2,1-3H3;1H. The predicted octanol–water partition coefficient (Wildman–Crippen LogP) is 3.19. The molecule has 20 heavy (non-hydrogen) atoms. The molecule has 0 aromatic heterocycles. The van der Waals surface area contributed by atoms with Crippen molar-refractivity contribution in [2.75, 3.05) is 25.0 Å². The van der Waals surface area contributed by atoms with Crippen LogP contribution < -0.4 is 10.2 Å². The Morgan fingerprint density at radius 3 is 2.45 bits per heavy atom. The number of carbonyl (C=O) groups is 1. The van der Waals surface area contributed by atoms with Gasteiger partial charge in [0.15, 0.2) is 0 Å². The summed E-state index contributed by atoms with van der Waals surface area (Å²) in [6.07, 6.45) is 2.09. The van der Waals surface area contributed by atoms with Crippen LogP contribution >= 0.6 is 12.4 Å². The first-order valence-corrected chi connectivity index (χ1v) is 7.18. The van der Waals surface area contributed by atoms with Gasteiger partial charge in [-0.05, 0) is 43.0 Å². The number of anilines is 1. The van der Waals surface area contributed by atoms with Crippen LogP contribution in [0.15, 0.2) is 24.3 Å². The van der Waals surface area contributed by atoms with Gasteiger partial charge in [-0.2, -0.15) is 0 Å². The van der Waals surface area contributed by atoms with Crippen LogP contribution in [0.4, 0.5) is 5.69 Å². The maximum atomic E-state index is 12.4. The summed E-state index contributed by atoms with van der Waals surface area (Å²) in [6, 6.07) is 8.32. The zero-order valence-corrected chi connectivity index (χ0v) is 13.4. The zero-order valence-electron chi connectivity index (χ0n) is 12.6. The molecule has 1 N–H and O–H groups in total. The Morgan fingerprint density at radius 1 is 1.30 bits per heavy atom. The number of benzene rings is 1. The van der Waals surface area contributed by atoms with Crippen molar-refractivity contribution in [2.45, 2.75) is 32.6 Å². The van der Waals surface area contributed by atoms with Gasteiger partial charge in [0.2, 0.25) is 5.91 Å². The molecule has 2 rings (SSSR count). The van der Waals surface area contributed by atoms with Crippen LogP contribution in [-0.2, 0) is 4.79 Å². The van der Waals surface area contributed by atoms with E-state index in [-0.39, 0.29) is 24.2 Å². The second-order valence-corrected chi connectivity index (χ2v) is 5.69. The van der Waals surface area contributed by atoms with Crippen molar-refractivity contribution >= 4 is 24.0 Å². The third-order valence-electron chi connectivity index (χ3n) is 3.92. The van der Waals surface area contributed by atoms with E-state index in [9.17, 15) is 4.79 Å². The van der Waals surface area contributed by atoms with E-state index in [0.717, 1.165) is 31.6 Å². The number of amides is 1. The fourth-order valence-corrected chi connectivity index (χ4v) is 2.55. The smallest absolute Gasteiger partial charge is 0.231 e. The van der Waals surface area contributed by atoms with Gasteiger partial charge in [0.05, 0.1) is 5.92 Å². The van der Waals surface area contributed by atoms with E-state index in [1.54, 1.807) is 4.90 Å². The Balaban J connectivity index is 0.00000200. The molecule has 0 radical (unpaired) electrons. The molecule has 1 aliphatic heterocycles. The van der Waals surface area contributed by atoms with Gasteiger partial charge in [0.25, 0.3) is 0 Å². The monoisotopic (exact) mass is 296 g/mol. The number of rotatable bonds is 3. The first kappa shape index (κ1) is 17.0. The minimum Gasteiger partial charge on any atom is -0.316 e. The first-order chi connectivity index (χ1) is 9.09. The number of piperidine rings is 1. The van der Waals surface area contributed by atoms with E-state index in [4.69, 9.17) is 0 Å². The van der Waals surface area contributed by atoms with Crippen molar-refractivity contribution in [3.8, 4) is 0 Å². The van der Waals surface area contributed by atoms with Crippen molar-refractivity contribution in [3.63, 3.8) is 0 Å². The van der Waals surface area contributed by atoms with Gasteiger partial charge in [0, 0.05) is 19.3 Å². The Kier molecular flexibility index (Phi) is 6.50. The highest BCUT2D eigenvalue weighted by Gasteiger charge is 2.24. The van der Waals surface area contributed by atoms with E-state index in [1.807, 2.05) is 19.2 Å². The van der Waals surface area contributed by atoms with Gasteiger partial charge in [-0.3, -0.25) is 4.79 Å². The minimum absolute atomic E-state index is 0. The molecule has 1 atom stereocenters. The van der Waals surface area contributed by atoms with Crippen LogP contribution in [0.5, 0.6) is 0 Å². The van der Waals surface area contributed by atoms with Crippen molar-refractivity contribution < 1.29 is 4.79 Å². The van der Waals surface area contributed by atoms with E-state index in [1.165, 1.54) is 5.56 Å². The fraction of sp³-hybridized carbons (Fsp3) is 0.562. The number of nitrogens with zero attached hydrogens (tertiary/aromatic N) is 1. The third kappa shape index (κ3) is 3.97. The summed E-state index contributed by atoms with van der Waals surface area (Å²) in [5.41, 5.74) is 2.30. The Hall–Kier alpha value is -1.06. The van der Waals surface area contributed by atoms with Gasteiger partial charge < -0.3 is 10.2 Å². The Bertz CT molecular complexity index is 425. The lowest BCUT2D eigenvalue weighted by atomic mass is 9.97. The summed E-state index contributed by atoms with van der Waals surface area (Å²) < 4.78 is 0. The molecule has 1 fully saturated rings. The maximum absolute atomic E-state index is 12.4. The number of halogens is 1. The molecule has 1 amide bonds. The minimum atomic E-state index is 0. The molecule has 1 aromatic carbocycles. The SMILES string of the molecule is CC(C)c1ccc(N(C)C(=O)C2CCCNC2)cc1.Cl. The Labute approximate surface area is 128 Å². The summed E-state index contributed by atoms with van der Waals surface area (Å²) in [7, 11) is 1.88. The van der Waals surface area contributed by atoms with E-state index in [2.05, 4.69) is 31.3 Å². The molecule has 0 saturated carbocycles. The topological polar surface area (TPSA) is 32.3 Å². The van der Waals surface area contributed by atoms with Crippen molar-refractivity contribution in [2.24, 2.45) is 5.92 Å². The third-order valence-corrected chi connectivity index (χ3v) is 3.92. The molecule has 112 valence electrons. The van der Waals surface area contributed by atoms with Crippen LogP contribution in [0.2, 0.25) is 0 Å². The highest BCUT2D eigenvalue weighted by atomic mass is 35.5. The van der Waals surface area contributed by atoms with Crippen LogP contribution in [0.3, 0.4) is 0 Å². The molecular formula is C16H25ClN2O. The number of nitrogens with one attached hydrogen (secondary N) is 1. The van der Waals surface area contributed by atoms with E-state index >= 15 is 0 Å². The van der Waals surface area contributed by atoms with Crippen LogP contribution in [0, 0.1) is 5.92 Å². The molecular weight excluding hydrogens is 272 g/mol. The lowest BCUT2D eigenvalue weighted by Gasteiger charge is -2.27. The van der Waals surface area contributed by atoms with Gasteiger partial charge in [-0.1, -0.05) is 26.0 Å². The molecule has 1 heterocycles. The number of hydrogen-bond acceptors (Lipinski definition) is 2. The maximum Gasteiger partial charge on any atom is 0.231 e. The predicted molar refractivity (Wildman–Crippen MR) is 86.8 cm³/mol. The van der Waals surface area contributed by atoms with Gasteiger partial charge in [-0.15, -0.1) is 12.4 Å². The first-order valence-electron chi connectivity index (χ1n) is 7.18. The van der Waals surface area contributed by atoms with Crippen molar-refractivity contribution in [3.05, 3.63) is 29.8 Å². The van der Waals surface area contributed by atoms with Crippen molar-refractivity contribution in [1.82, 2.24) is 5.32 Å². The van der Waals surface area contributed by atoms with E-state index in [0.29, 0.717) is 5.92 Å². The quantitative estimate of drug-likeness (QED) is 0.929. The molecule has 4 heteroatoms. The fourth-order valence-electron chi connectivity index (χ4n) is 2.55.